The molecule has 2 aromatic heterocycles. The molecule has 0 bridgehead atoms. The number of rotatable bonds is 6. The number of benzene rings is 1. The molecule has 2 aliphatic rings. The van der Waals surface area contributed by atoms with E-state index in [1.165, 1.54) is 16.2 Å². The molecule has 0 saturated carbocycles. The molecule has 1 aromatic carbocycles. The highest BCUT2D eigenvalue weighted by molar-refractivity contribution is 7.17. The number of hydrogen-bond donors (Lipinski definition) is 1. The van der Waals surface area contributed by atoms with Gasteiger partial charge in [0.15, 0.2) is 11.5 Å². The molecule has 5 nitrogen and oxygen atoms in total. The minimum atomic E-state index is 0.0230. The van der Waals surface area contributed by atoms with Gasteiger partial charge in [0.25, 0.3) is 5.91 Å². The molecular weight excluding hydrogens is 428 g/mol. The first-order valence-electron chi connectivity index (χ1n) is 10.8. The number of carbonyl (C=O) groups excluding carboxylic acids is 1. The Morgan fingerprint density at radius 2 is 1.90 bits per heavy atom. The zero-order valence-electron chi connectivity index (χ0n) is 17.3. The molecule has 0 spiro atoms. The normalized spacial score (nSPS) is 16.9. The van der Waals surface area contributed by atoms with E-state index in [1.807, 2.05) is 41.7 Å². The average Bonchev–Trinajstić information content (AvgIpc) is 3.51. The highest BCUT2D eigenvalue weighted by Gasteiger charge is 2.21. The number of piperidine rings is 1. The highest BCUT2D eigenvalue weighted by Crippen LogP contribution is 2.37. The molecular formula is C24H26N2O3S2. The molecule has 1 amide bonds. The summed E-state index contributed by atoms with van der Waals surface area (Å²) < 4.78 is 11.3. The molecule has 4 heterocycles. The maximum atomic E-state index is 12.7. The smallest absolute Gasteiger partial charge is 0.261 e. The summed E-state index contributed by atoms with van der Waals surface area (Å²) in [5.74, 6) is 2.13. The van der Waals surface area contributed by atoms with Crippen molar-refractivity contribution in [1.29, 1.82) is 0 Å². The van der Waals surface area contributed by atoms with Crippen LogP contribution in [0.5, 0.6) is 11.5 Å². The number of amides is 1. The number of ether oxygens (including phenoxy) is 2. The van der Waals surface area contributed by atoms with Gasteiger partial charge in [0.1, 0.15) is 13.2 Å². The number of hydrogen-bond acceptors (Lipinski definition) is 6. The van der Waals surface area contributed by atoms with Gasteiger partial charge in [-0.15, -0.1) is 22.7 Å². The fraction of sp³-hybridized carbons (Fsp3) is 0.375. The lowest BCUT2D eigenvalue weighted by molar-refractivity contribution is 0.0939. The first kappa shape index (κ1) is 20.5. The van der Waals surface area contributed by atoms with E-state index in [4.69, 9.17) is 9.47 Å². The lowest BCUT2D eigenvalue weighted by Crippen LogP contribution is -2.38. The fourth-order valence-corrected chi connectivity index (χ4v) is 5.77. The monoisotopic (exact) mass is 454 g/mol. The summed E-state index contributed by atoms with van der Waals surface area (Å²) in [4.78, 5) is 18.4. The van der Waals surface area contributed by atoms with Gasteiger partial charge in [-0.3, -0.25) is 9.69 Å². The van der Waals surface area contributed by atoms with Crippen LogP contribution in [0.15, 0.2) is 47.8 Å². The van der Waals surface area contributed by atoms with Gasteiger partial charge in [0.05, 0.1) is 4.88 Å². The zero-order valence-corrected chi connectivity index (χ0v) is 19.0. The molecule has 0 unspecified atom stereocenters. The third-order valence-corrected chi connectivity index (χ3v) is 7.87. The molecule has 0 radical (unpaired) electrons. The number of thiophene rings is 2. The molecule has 5 rings (SSSR count). The van der Waals surface area contributed by atoms with Crippen molar-refractivity contribution < 1.29 is 14.3 Å². The van der Waals surface area contributed by atoms with Crippen LogP contribution in [0.2, 0.25) is 0 Å². The number of likely N-dealkylation sites (tertiary alicyclic amines) is 1. The topological polar surface area (TPSA) is 50.8 Å². The second-order valence-electron chi connectivity index (χ2n) is 8.03. The molecule has 0 aliphatic carbocycles. The number of nitrogens with zero attached hydrogens (tertiary/aromatic N) is 1. The van der Waals surface area contributed by atoms with Gasteiger partial charge in [-0.1, -0.05) is 6.07 Å². The van der Waals surface area contributed by atoms with E-state index in [9.17, 15) is 4.79 Å². The van der Waals surface area contributed by atoms with Crippen LogP contribution < -0.4 is 14.8 Å². The summed E-state index contributed by atoms with van der Waals surface area (Å²) in [6.45, 7) is 5.17. The van der Waals surface area contributed by atoms with Gasteiger partial charge in [0.2, 0.25) is 0 Å². The van der Waals surface area contributed by atoms with Gasteiger partial charge in [-0.05, 0) is 79.2 Å². The number of nitrogens with one attached hydrogen (secondary N) is 1. The molecule has 2 aliphatic heterocycles. The molecule has 1 fully saturated rings. The Morgan fingerprint density at radius 1 is 1.06 bits per heavy atom. The lowest BCUT2D eigenvalue weighted by atomic mass is 9.96. The molecule has 7 heteroatoms. The molecule has 1 N–H and O–H groups in total. The average molecular weight is 455 g/mol. The second kappa shape index (κ2) is 9.42. The summed E-state index contributed by atoms with van der Waals surface area (Å²) in [6.07, 6.45) is 2.27. The fourth-order valence-electron chi connectivity index (χ4n) is 4.11. The van der Waals surface area contributed by atoms with Gasteiger partial charge < -0.3 is 14.8 Å². The predicted molar refractivity (Wildman–Crippen MR) is 125 cm³/mol. The molecule has 31 heavy (non-hydrogen) atoms. The van der Waals surface area contributed by atoms with Gasteiger partial charge in [-0.2, -0.15) is 0 Å². The van der Waals surface area contributed by atoms with Crippen molar-refractivity contribution in [3.05, 3.63) is 57.6 Å². The summed E-state index contributed by atoms with van der Waals surface area (Å²) in [5, 5.41) is 5.29. The van der Waals surface area contributed by atoms with Crippen LogP contribution in [0, 0.1) is 5.92 Å². The second-order valence-corrected chi connectivity index (χ2v) is 10.1. The van der Waals surface area contributed by atoms with E-state index in [1.54, 1.807) is 0 Å². The lowest BCUT2D eigenvalue weighted by Gasteiger charge is -2.31. The summed E-state index contributed by atoms with van der Waals surface area (Å²) in [5.41, 5.74) is 1.05. The van der Waals surface area contributed by atoms with Crippen molar-refractivity contribution in [3.63, 3.8) is 0 Å². The molecule has 162 valence electrons. The van der Waals surface area contributed by atoms with E-state index in [2.05, 4.69) is 27.7 Å². The SMILES string of the molecule is O=C(NCC1CCN(Cc2cccs2)CC1)c1ccc(-c2ccc3c(c2)OCCO3)s1. The van der Waals surface area contributed by atoms with E-state index >= 15 is 0 Å². The maximum Gasteiger partial charge on any atom is 0.261 e. The molecule has 3 aromatic rings. The van der Waals surface area contributed by atoms with Crippen molar-refractivity contribution >= 4 is 28.6 Å². The number of fused-ring (bicyclic) bond motifs is 1. The predicted octanol–water partition coefficient (Wildman–Crippen LogP) is 4.89. The first-order valence-corrected chi connectivity index (χ1v) is 12.5. The van der Waals surface area contributed by atoms with Crippen LogP contribution in [0.3, 0.4) is 0 Å². The Bertz CT molecular complexity index is 1020. The quantitative estimate of drug-likeness (QED) is 0.576. The largest absolute Gasteiger partial charge is 0.486 e. The molecule has 0 atom stereocenters. The summed E-state index contributed by atoms with van der Waals surface area (Å²) in [6, 6.07) is 14.2. The Balaban J connectivity index is 1.12. The van der Waals surface area contributed by atoms with Crippen LogP contribution in [0.25, 0.3) is 10.4 Å². The maximum absolute atomic E-state index is 12.7. The van der Waals surface area contributed by atoms with E-state index in [0.717, 1.165) is 65.8 Å². The van der Waals surface area contributed by atoms with Crippen LogP contribution in [0.4, 0.5) is 0 Å². The Hall–Kier alpha value is -2.35. The van der Waals surface area contributed by atoms with E-state index in [0.29, 0.717) is 19.1 Å². The Kier molecular flexibility index (Phi) is 6.25. The van der Waals surface area contributed by atoms with Gasteiger partial charge >= 0.3 is 0 Å². The van der Waals surface area contributed by atoms with Crippen molar-refractivity contribution in [2.45, 2.75) is 19.4 Å². The van der Waals surface area contributed by atoms with Crippen molar-refractivity contribution in [2.75, 3.05) is 32.8 Å². The minimum Gasteiger partial charge on any atom is -0.486 e. The third kappa shape index (κ3) is 4.95. The minimum absolute atomic E-state index is 0.0230. The van der Waals surface area contributed by atoms with Crippen LogP contribution in [-0.4, -0.2) is 43.7 Å². The standard InChI is InChI=1S/C24H26N2O3S2/c27-24(25-15-17-7-9-26(10-8-17)16-19-2-1-13-30-19)23-6-5-22(31-23)18-3-4-20-21(14-18)29-12-11-28-20/h1-6,13-14,17H,7-12,15-16H2,(H,25,27). The summed E-state index contributed by atoms with van der Waals surface area (Å²) in [7, 11) is 0. The zero-order chi connectivity index (χ0) is 21.0. The highest BCUT2D eigenvalue weighted by atomic mass is 32.1. The van der Waals surface area contributed by atoms with Crippen LogP contribution >= 0.6 is 22.7 Å². The van der Waals surface area contributed by atoms with Crippen LogP contribution in [0.1, 0.15) is 27.4 Å². The summed E-state index contributed by atoms with van der Waals surface area (Å²) >= 11 is 3.34. The number of carbonyl (C=O) groups is 1. The molecule has 1 saturated heterocycles. The van der Waals surface area contributed by atoms with E-state index in [-0.39, 0.29) is 5.91 Å². The Labute approximate surface area is 190 Å². The van der Waals surface area contributed by atoms with Gasteiger partial charge in [-0.25, -0.2) is 0 Å². The van der Waals surface area contributed by atoms with Crippen molar-refractivity contribution in [2.24, 2.45) is 5.92 Å². The van der Waals surface area contributed by atoms with Crippen molar-refractivity contribution in [1.82, 2.24) is 10.2 Å². The van der Waals surface area contributed by atoms with Crippen LogP contribution in [-0.2, 0) is 6.54 Å². The first-order chi connectivity index (χ1) is 15.2. The van der Waals surface area contributed by atoms with E-state index < -0.39 is 0 Å². The van der Waals surface area contributed by atoms with Crippen molar-refractivity contribution in [3.8, 4) is 21.9 Å². The Morgan fingerprint density at radius 3 is 2.71 bits per heavy atom. The third-order valence-electron chi connectivity index (χ3n) is 5.87. The van der Waals surface area contributed by atoms with Gasteiger partial charge in [0, 0.05) is 22.8 Å².